The molecule has 106 valence electrons. The number of carbonyl (C=O) groups is 1. The van der Waals surface area contributed by atoms with E-state index in [1.54, 1.807) is 18.2 Å². The van der Waals surface area contributed by atoms with Gasteiger partial charge < -0.3 is 11.1 Å². The molecule has 1 amide bonds. The first-order chi connectivity index (χ1) is 8.90. The van der Waals surface area contributed by atoms with E-state index in [2.05, 4.69) is 19.2 Å². The van der Waals surface area contributed by atoms with Gasteiger partial charge >= 0.3 is 0 Å². The van der Waals surface area contributed by atoms with Crippen LogP contribution in [0.25, 0.3) is 0 Å². The Kier molecular flexibility index (Phi) is 6.63. The van der Waals surface area contributed by atoms with Crippen LogP contribution in [0.3, 0.4) is 0 Å². The molecule has 0 bridgehead atoms. The van der Waals surface area contributed by atoms with Crippen molar-refractivity contribution < 1.29 is 4.79 Å². The number of nitrogens with two attached hydrogens (primary N) is 1. The van der Waals surface area contributed by atoms with Crippen LogP contribution in [-0.4, -0.2) is 12.5 Å². The monoisotopic (exact) mass is 302 g/mol. The zero-order valence-electron chi connectivity index (χ0n) is 11.2. The number of anilines is 1. The van der Waals surface area contributed by atoms with Crippen molar-refractivity contribution in [2.75, 3.05) is 11.9 Å². The van der Waals surface area contributed by atoms with Crippen LogP contribution in [0.4, 0.5) is 5.69 Å². The smallest absolute Gasteiger partial charge is 0.224 e. The molecule has 0 saturated carbocycles. The van der Waals surface area contributed by atoms with Crippen molar-refractivity contribution in [1.29, 1.82) is 0 Å². The summed E-state index contributed by atoms with van der Waals surface area (Å²) in [5.41, 5.74) is 6.30. The van der Waals surface area contributed by atoms with Crippen LogP contribution in [0.5, 0.6) is 0 Å². The molecule has 0 aliphatic rings. The highest BCUT2D eigenvalue weighted by Gasteiger charge is 2.14. The van der Waals surface area contributed by atoms with Gasteiger partial charge in [0, 0.05) is 22.2 Å². The van der Waals surface area contributed by atoms with Crippen molar-refractivity contribution in [2.45, 2.75) is 26.7 Å². The Bertz CT molecular complexity index is 415. The molecule has 1 aromatic carbocycles. The summed E-state index contributed by atoms with van der Waals surface area (Å²) in [6.07, 6.45) is 1.36. The van der Waals surface area contributed by atoms with Crippen molar-refractivity contribution in [3.05, 3.63) is 28.2 Å². The predicted molar refractivity (Wildman–Crippen MR) is 81.7 cm³/mol. The molecule has 0 aliphatic heterocycles. The molecule has 0 radical (unpaired) electrons. The Morgan fingerprint density at radius 1 is 1.26 bits per heavy atom. The molecule has 1 atom stereocenters. The van der Waals surface area contributed by atoms with Crippen LogP contribution in [0.2, 0.25) is 10.0 Å². The van der Waals surface area contributed by atoms with Gasteiger partial charge in [-0.05, 0) is 43.0 Å². The molecule has 0 aromatic heterocycles. The van der Waals surface area contributed by atoms with Crippen LogP contribution in [0.1, 0.15) is 26.7 Å². The van der Waals surface area contributed by atoms with Gasteiger partial charge in [0.15, 0.2) is 0 Å². The fourth-order valence-corrected chi connectivity index (χ4v) is 2.56. The van der Waals surface area contributed by atoms with Crippen molar-refractivity contribution in [2.24, 2.45) is 17.6 Å². The third-order valence-corrected chi connectivity index (χ3v) is 3.19. The molecule has 1 aromatic rings. The molecule has 1 rings (SSSR count). The number of rotatable bonds is 6. The second-order valence-corrected chi connectivity index (χ2v) is 6.01. The van der Waals surface area contributed by atoms with Crippen LogP contribution in [0, 0.1) is 11.8 Å². The zero-order valence-corrected chi connectivity index (χ0v) is 12.8. The molecule has 0 fully saturated rings. The highest BCUT2D eigenvalue weighted by Crippen LogP contribution is 2.23. The SMILES string of the molecule is CC(C)C[C@H](CN)CC(=O)Nc1cc(Cl)cc(Cl)c1. The van der Waals surface area contributed by atoms with Crippen molar-refractivity contribution in [1.82, 2.24) is 0 Å². The molecule has 0 spiro atoms. The number of amides is 1. The van der Waals surface area contributed by atoms with E-state index in [0.717, 1.165) is 6.42 Å². The Labute approximate surface area is 124 Å². The summed E-state index contributed by atoms with van der Waals surface area (Å²) >= 11 is 11.8. The fourth-order valence-electron chi connectivity index (χ4n) is 2.03. The first-order valence-electron chi connectivity index (χ1n) is 6.36. The Hall–Kier alpha value is -0.770. The second kappa shape index (κ2) is 7.73. The van der Waals surface area contributed by atoms with E-state index in [9.17, 15) is 4.79 Å². The fraction of sp³-hybridized carbons (Fsp3) is 0.500. The summed E-state index contributed by atoms with van der Waals surface area (Å²) < 4.78 is 0. The predicted octanol–water partition coefficient (Wildman–Crippen LogP) is 3.94. The summed E-state index contributed by atoms with van der Waals surface area (Å²) in [4.78, 5) is 11.9. The topological polar surface area (TPSA) is 55.1 Å². The zero-order chi connectivity index (χ0) is 14.4. The van der Waals surface area contributed by atoms with Gasteiger partial charge in [0.1, 0.15) is 0 Å². The quantitative estimate of drug-likeness (QED) is 0.836. The molecule has 0 unspecified atom stereocenters. The highest BCUT2D eigenvalue weighted by molar-refractivity contribution is 6.35. The van der Waals surface area contributed by atoms with Gasteiger partial charge in [0.2, 0.25) is 5.91 Å². The van der Waals surface area contributed by atoms with Gasteiger partial charge in [-0.25, -0.2) is 0 Å². The average Bonchev–Trinajstić information content (AvgIpc) is 2.25. The minimum Gasteiger partial charge on any atom is -0.330 e. The third-order valence-electron chi connectivity index (χ3n) is 2.76. The van der Waals surface area contributed by atoms with Gasteiger partial charge in [-0.3, -0.25) is 4.79 Å². The molecule has 19 heavy (non-hydrogen) atoms. The molecule has 3 nitrogen and oxygen atoms in total. The van der Waals surface area contributed by atoms with E-state index in [1.165, 1.54) is 0 Å². The van der Waals surface area contributed by atoms with Gasteiger partial charge in [-0.15, -0.1) is 0 Å². The van der Waals surface area contributed by atoms with Gasteiger partial charge in [-0.1, -0.05) is 37.0 Å². The number of hydrogen-bond acceptors (Lipinski definition) is 2. The molecule has 0 aliphatic carbocycles. The largest absolute Gasteiger partial charge is 0.330 e. The van der Waals surface area contributed by atoms with E-state index < -0.39 is 0 Å². The summed E-state index contributed by atoms with van der Waals surface area (Å²) in [6.45, 7) is 4.76. The standard InChI is InChI=1S/C14H20Cl2N2O/c1-9(2)3-10(8-17)4-14(19)18-13-6-11(15)5-12(16)7-13/h5-7,9-10H,3-4,8,17H2,1-2H3,(H,18,19)/t10-/m0/s1. The Morgan fingerprint density at radius 3 is 2.32 bits per heavy atom. The first kappa shape index (κ1) is 16.3. The Balaban J connectivity index is 2.58. The van der Waals surface area contributed by atoms with Crippen LogP contribution in [-0.2, 0) is 4.79 Å². The molecule has 5 heteroatoms. The van der Waals surface area contributed by atoms with Crippen LogP contribution in [0.15, 0.2) is 18.2 Å². The van der Waals surface area contributed by atoms with E-state index in [0.29, 0.717) is 34.6 Å². The normalized spacial score (nSPS) is 12.5. The molecular weight excluding hydrogens is 283 g/mol. The summed E-state index contributed by atoms with van der Waals surface area (Å²) in [7, 11) is 0. The number of nitrogens with one attached hydrogen (secondary N) is 1. The number of hydrogen-bond donors (Lipinski definition) is 2. The minimum atomic E-state index is -0.0607. The number of halogens is 2. The second-order valence-electron chi connectivity index (χ2n) is 5.14. The average molecular weight is 303 g/mol. The molecule has 3 N–H and O–H groups in total. The lowest BCUT2D eigenvalue weighted by atomic mass is 9.94. The van der Waals surface area contributed by atoms with Crippen LogP contribution >= 0.6 is 23.2 Å². The van der Waals surface area contributed by atoms with E-state index in [-0.39, 0.29) is 11.8 Å². The van der Waals surface area contributed by atoms with Gasteiger partial charge in [0.05, 0.1) is 0 Å². The van der Waals surface area contributed by atoms with E-state index in [1.807, 2.05) is 0 Å². The lowest BCUT2D eigenvalue weighted by Crippen LogP contribution is -2.23. The number of carbonyl (C=O) groups excluding carboxylic acids is 1. The van der Waals surface area contributed by atoms with Crippen molar-refractivity contribution in [3.63, 3.8) is 0 Å². The molecule has 0 heterocycles. The minimum absolute atomic E-state index is 0.0607. The summed E-state index contributed by atoms with van der Waals surface area (Å²) in [6, 6.07) is 4.97. The van der Waals surface area contributed by atoms with Gasteiger partial charge in [0.25, 0.3) is 0 Å². The lowest BCUT2D eigenvalue weighted by molar-refractivity contribution is -0.117. The maximum atomic E-state index is 11.9. The van der Waals surface area contributed by atoms with Crippen molar-refractivity contribution >= 4 is 34.8 Å². The molecular formula is C14H20Cl2N2O. The third kappa shape index (κ3) is 6.28. The Morgan fingerprint density at radius 2 is 1.84 bits per heavy atom. The van der Waals surface area contributed by atoms with Crippen LogP contribution < -0.4 is 11.1 Å². The summed E-state index contributed by atoms with van der Waals surface area (Å²) in [5, 5.41) is 3.80. The highest BCUT2D eigenvalue weighted by atomic mass is 35.5. The van der Waals surface area contributed by atoms with Gasteiger partial charge in [-0.2, -0.15) is 0 Å². The maximum Gasteiger partial charge on any atom is 0.224 e. The van der Waals surface area contributed by atoms with Crippen molar-refractivity contribution in [3.8, 4) is 0 Å². The molecule has 0 saturated heterocycles. The van der Waals surface area contributed by atoms with E-state index >= 15 is 0 Å². The number of benzene rings is 1. The first-order valence-corrected chi connectivity index (χ1v) is 7.12. The maximum absolute atomic E-state index is 11.9. The summed E-state index contributed by atoms with van der Waals surface area (Å²) in [5.74, 6) is 0.672. The van der Waals surface area contributed by atoms with E-state index in [4.69, 9.17) is 28.9 Å². The lowest BCUT2D eigenvalue weighted by Gasteiger charge is -2.16.